The van der Waals surface area contributed by atoms with Crippen LogP contribution in [-0.4, -0.2) is 27.9 Å². The Labute approximate surface area is 407 Å². The van der Waals surface area contributed by atoms with Crippen LogP contribution in [0, 0.1) is 0 Å². The molecule has 12 rings (SSSR count). The van der Waals surface area contributed by atoms with Crippen molar-refractivity contribution >= 4 is 57.0 Å². The highest BCUT2D eigenvalue weighted by Gasteiger charge is 2.41. The Morgan fingerprint density at radius 3 is 2.13 bits per heavy atom. The Morgan fingerprint density at radius 1 is 0.594 bits per heavy atom. The third-order valence-electron chi connectivity index (χ3n) is 15.1. The number of para-hydroxylation sites is 3. The number of ether oxygens (including phenoxy) is 1. The third-order valence-corrected chi connectivity index (χ3v) is 15.1. The van der Waals surface area contributed by atoms with Crippen molar-refractivity contribution in [3.63, 3.8) is 0 Å². The lowest BCUT2D eigenvalue weighted by Gasteiger charge is -2.43. The van der Waals surface area contributed by atoms with Crippen molar-refractivity contribution in [2.75, 3.05) is 16.5 Å². The standard InChI is InChI=1S/C62H58BN5O/c1-60(2,3)44-30-34-64-57(37-44)68-53-23-12-11-22-48(53)49-28-27-47(39-56(49)68)69-46-21-17-20-45(38-46)65-41-66(55-25-14-13-24-54(55)65)59-50(43-26-29-51-52(36-43)62(6,7)32-31-61(51,4)5)40-63-33-15-16-35-67(63)58(59)42-18-9-8-10-19-42/h8-30,33-40H,31-32,41H2,1-7H3. The van der Waals surface area contributed by atoms with Gasteiger partial charge < -0.3 is 19.3 Å². The lowest BCUT2D eigenvalue weighted by molar-refractivity contribution is 0.332. The van der Waals surface area contributed by atoms with E-state index < -0.39 is 0 Å². The van der Waals surface area contributed by atoms with E-state index in [1.807, 2.05) is 6.20 Å². The van der Waals surface area contributed by atoms with Crippen LogP contribution < -0.4 is 14.5 Å². The summed E-state index contributed by atoms with van der Waals surface area (Å²) in [6, 6.07) is 55.1. The van der Waals surface area contributed by atoms with E-state index in [1.165, 1.54) is 56.6 Å². The van der Waals surface area contributed by atoms with Crippen LogP contribution in [0.3, 0.4) is 0 Å². The van der Waals surface area contributed by atoms with Gasteiger partial charge in [-0.15, -0.1) is 0 Å². The van der Waals surface area contributed by atoms with Crippen LogP contribution in [0.1, 0.15) is 89.1 Å². The molecule has 0 N–H and O–H groups in total. The van der Waals surface area contributed by atoms with Crippen LogP contribution in [0.4, 0.5) is 17.1 Å². The molecule has 0 spiro atoms. The van der Waals surface area contributed by atoms with Crippen LogP contribution in [-0.2, 0) is 16.2 Å². The number of allylic oxidation sites excluding steroid dienone is 3. The minimum Gasteiger partial charge on any atom is -0.457 e. The van der Waals surface area contributed by atoms with E-state index in [2.05, 4.69) is 250 Å². The number of pyridine rings is 1. The van der Waals surface area contributed by atoms with E-state index in [9.17, 15) is 0 Å². The molecule has 0 saturated carbocycles. The summed E-state index contributed by atoms with van der Waals surface area (Å²) in [4.78, 5) is 12.3. The molecular formula is C62H58BN5O. The molecule has 340 valence electrons. The number of rotatable bonds is 7. The van der Waals surface area contributed by atoms with Crippen molar-refractivity contribution in [3.8, 4) is 17.3 Å². The minimum atomic E-state index is -0.0129. The van der Waals surface area contributed by atoms with Crippen molar-refractivity contribution in [3.05, 3.63) is 222 Å². The number of aromatic nitrogens is 2. The molecule has 8 aromatic rings. The van der Waals surface area contributed by atoms with Gasteiger partial charge in [0.25, 0.3) is 0 Å². The molecule has 0 bridgehead atoms. The number of nitrogens with zero attached hydrogens (tertiary/aromatic N) is 5. The third kappa shape index (κ3) is 7.29. The largest absolute Gasteiger partial charge is 0.457 e. The smallest absolute Gasteiger partial charge is 0.313 e. The molecule has 0 amide bonds. The number of benzene rings is 6. The van der Waals surface area contributed by atoms with E-state index in [4.69, 9.17) is 9.72 Å². The van der Waals surface area contributed by atoms with E-state index in [1.54, 1.807) is 0 Å². The van der Waals surface area contributed by atoms with Gasteiger partial charge in [0.2, 0.25) is 0 Å². The quantitative estimate of drug-likeness (QED) is 0.149. The predicted molar refractivity (Wildman–Crippen MR) is 289 cm³/mol. The number of hydrogen-bond acceptors (Lipinski definition) is 5. The number of hydrogen-bond donors (Lipinski definition) is 0. The molecule has 2 aromatic heterocycles. The van der Waals surface area contributed by atoms with E-state index in [-0.39, 0.29) is 23.1 Å². The molecule has 69 heavy (non-hydrogen) atoms. The Kier molecular flexibility index (Phi) is 9.96. The fraction of sp³-hybridized carbons (Fsp3) is 0.210. The second kappa shape index (κ2) is 16.1. The summed E-state index contributed by atoms with van der Waals surface area (Å²) in [6.07, 6.45) is 10.9. The van der Waals surface area contributed by atoms with Gasteiger partial charge in [-0.3, -0.25) is 4.57 Å². The number of fused-ring (bicyclic) bond motifs is 6. The summed E-state index contributed by atoms with van der Waals surface area (Å²) in [6.45, 7) is 17.1. The van der Waals surface area contributed by atoms with Gasteiger partial charge in [-0.2, -0.15) is 0 Å². The highest BCUT2D eigenvalue weighted by molar-refractivity contribution is 6.70. The van der Waals surface area contributed by atoms with Crippen LogP contribution in [0.25, 0.3) is 38.9 Å². The molecule has 0 unspecified atom stereocenters. The molecule has 4 aliphatic rings. The van der Waals surface area contributed by atoms with Crippen molar-refractivity contribution < 1.29 is 4.74 Å². The zero-order valence-electron chi connectivity index (χ0n) is 40.7. The minimum absolute atomic E-state index is 0.0129. The Hall–Kier alpha value is -7.51. The molecule has 6 aromatic carbocycles. The first-order valence-corrected chi connectivity index (χ1v) is 24.6. The molecule has 0 fully saturated rings. The van der Waals surface area contributed by atoms with Crippen LogP contribution >= 0.6 is 0 Å². The first-order chi connectivity index (χ1) is 33.3. The molecule has 6 nitrogen and oxygen atoms in total. The van der Waals surface area contributed by atoms with Crippen LogP contribution in [0.5, 0.6) is 11.5 Å². The Balaban J connectivity index is 0.952. The van der Waals surface area contributed by atoms with Gasteiger partial charge >= 0.3 is 6.85 Å². The molecular weight excluding hydrogens is 842 g/mol. The fourth-order valence-corrected chi connectivity index (χ4v) is 11.3. The normalized spacial score (nSPS) is 17.1. The topological polar surface area (TPSA) is 36.8 Å². The van der Waals surface area contributed by atoms with Crippen molar-refractivity contribution in [2.45, 2.75) is 77.6 Å². The van der Waals surface area contributed by atoms with Gasteiger partial charge in [0.05, 0.1) is 33.8 Å². The van der Waals surface area contributed by atoms with Crippen molar-refractivity contribution in [2.24, 2.45) is 0 Å². The van der Waals surface area contributed by atoms with Crippen molar-refractivity contribution in [1.82, 2.24) is 14.4 Å². The summed E-state index contributed by atoms with van der Waals surface area (Å²) in [7, 11) is 0. The molecule has 3 aliphatic heterocycles. The van der Waals surface area contributed by atoms with Crippen LogP contribution in [0.2, 0.25) is 0 Å². The van der Waals surface area contributed by atoms with E-state index in [0.717, 1.165) is 57.2 Å². The van der Waals surface area contributed by atoms with Crippen LogP contribution in [0.15, 0.2) is 194 Å². The molecule has 0 saturated heterocycles. The average molecular weight is 900 g/mol. The summed E-state index contributed by atoms with van der Waals surface area (Å²) in [5, 5.41) is 2.35. The van der Waals surface area contributed by atoms with Gasteiger partial charge in [-0.1, -0.05) is 151 Å². The van der Waals surface area contributed by atoms with E-state index >= 15 is 0 Å². The zero-order chi connectivity index (χ0) is 47.2. The fourth-order valence-electron chi connectivity index (χ4n) is 11.3. The van der Waals surface area contributed by atoms with Gasteiger partial charge in [0.15, 0.2) is 0 Å². The molecule has 7 heteroatoms. The summed E-state index contributed by atoms with van der Waals surface area (Å²) >= 11 is 0. The summed E-state index contributed by atoms with van der Waals surface area (Å²) < 4.78 is 9.13. The van der Waals surface area contributed by atoms with Gasteiger partial charge in [-0.25, -0.2) is 4.98 Å². The number of anilines is 3. The first kappa shape index (κ1) is 42.8. The van der Waals surface area contributed by atoms with Gasteiger partial charge in [0.1, 0.15) is 24.0 Å². The average Bonchev–Trinajstić information content (AvgIpc) is 3.91. The maximum atomic E-state index is 6.86. The SMILES string of the molecule is CC(C)(C)c1ccnc(-n2c3ccccc3c3ccc(Oc4cccc(N5CN(C6=C(c7ccccc7)N7C=CC=CB7C=C6c6ccc7c(c6)C(C)(C)CCC7(C)C)c6ccccc65)c4)cc32)c1. The molecule has 1 aliphatic carbocycles. The summed E-state index contributed by atoms with van der Waals surface area (Å²) in [5.74, 6) is 7.24. The lowest BCUT2D eigenvalue weighted by atomic mass is 9.55. The molecule has 0 radical (unpaired) electrons. The second-order valence-electron chi connectivity index (χ2n) is 21.6. The Morgan fingerprint density at radius 2 is 1.32 bits per heavy atom. The van der Waals surface area contributed by atoms with E-state index in [0.29, 0.717) is 6.67 Å². The monoisotopic (exact) mass is 899 g/mol. The summed E-state index contributed by atoms with van der Waals surface area (Å²) in [5.41, 5.74) is 16.0. The molecule has 5 heterocycles. The van der Waals surface area contributed by atoms with Crippen molar-refractivity contribution in [1.29, 1.82) is 0 Å². The maximum absolute atomic E-state index is 6.86. The van der Waals surface area contributed by atoms with Gasteiger partial charge in [-0.05, 0) is 129 Å². The highest BCUT2D eigenvalue weighted by atomic mass is 16.5. The van der Waals surface area contributed by atoms with Gasteiger partial charge in [0, 0.05) is 34.8 Å². The zero-order valence-corrected chi connectivity index (χ0v) is 40.7. The molecule has 0 atom stereocenters. The highest BCUT2D eigenvalue weighted by Crippen LogP contribution is 2.51. The first-order valence-electron chi connectivity index (χ1n) is 24.6. The maximum Gasteiger partial charge on any atom is 0.313 e. The predicted octanol–water partition coefficient (Wildman–Crippen LogP) is 15.5. The Bertz CT molecular complexity index is 3480. The lowest BCUT2D eigenvalue weighted by Crippen LogP contribution is -2.40. The second-order valence-corrected chi connectivity index (χ2v) is 21.6.